The average Bonchev–Trinajstić information content (AvgIpc) is 2.56. The Kier molecular flexibility index (Phi) is 12.2. The van der Waals surface area contributed by atoms with Crippen LogP contribution in [0, 0.1) is 11.8 Å². The summed E-state index contributed by atoms with van der Waals surface area (Å²) in [6.07, 6.45) is 17.6. The zero-order chi connectivity index (χ0) is 17.6. The molecule has 0 radical (unpaired) electrons. The lowest BCUT2D eigenvalue weighted by Crippen LogP contribution is -2.35. The Morgan fingerprint density at radius 1 is 0.875 bits per heavy atom. The van der Waals surface area contributed by atoms with Gasteiger partial charge in [0, 0.05) is 6.04 Å². The molecule has 1 aliphatic carbocycles. The molecule has 24 heavy (non-hydrogen) atoms. The van der Waals surface area contributed by atoms with Crippen molar-refractivity contribution in [1.82, 2.24) is 5.32 Å². The van der Waals surface area contributed by atoms with Crippen molar-refractivity contribution in [3.63, 3.8) is 0 Å². The summed E-state index contributed by atoms with van der Waals surface area (Å²) in [6.45, 7) is 5.74. The van der Waals surface area contributed by atoms with Gasteiger partial charge in [-0.1, -0.05) is 71.6 Å². The van der Waals surface area contributed by atoms with Gasteiger partial charge in [-0.25, -0.2) is 0 Å². The fourth-order valence-corrected chi connectivity index (χ4v) is 3.77. The smallest absolute Gasteiger partial charge is 0.306 e. The zero-order valence-corrected chi connectivity index (χ0v) is 16.2. The van der Waals surface area contributed by atoms with Gasteiger partial charge < -0.3 is 10.4 Å². The van der Waals surface area contributed by atoms with Crippen LogP contribution in [0.5, 0.6) is 0 Å². The van der Waals surface area contributed by atoms with Gasteiger partial charge in [0.25, 0.3) is 0 Å². The van der Waals surface area contributed by atoms with Gasteiger partial charge >= 0.3 is 5.97 Å². The SMILES string of the molecule is CC(C)CCCCCCCCCCCNC1CCC(C(=O)O)CC1. The third-order valence-corrected chi connectivity index (χ3v) is 5.47. The molecule has 0 saturated heterocycles. The lowest BCUT2D eigenvalue weighted by Gasteiger charge is -2.26. The highest BCUT2D eigenvalue weighted by molar-refractivity contribution is 5.70. The molecule has 3 nitrogen and oxygen atoms in total. The maximum atomic E-state index is 10.9. The van der Waals surface area contributed by atoms with Gasteiger partial charge in [0.1, 0.15) is 0 Å². The topological polar surface area (TPSA) is 49.3 Å². The van der Waals surface area contributed by atoms with Crippen LogP contribution >= 0.6 is 0 Å². The van der Waals surface area contributed by atoms with E-state index in [1.807, 2.05) is 0 Å². The summed E-state index contributed by atoms with van der Waals surface area (Å²) >= 11 is 0. The summed E-state index contributed by atoms with van der Waals surface area (Å²) < 4.78 is 0. The first-order valence-corrected chi connectivity index (χ1v) is 10.6. The lowest BCUT2D eigenvalue weighted by atomic mass is 9.86. The molecule has 0 bridgehead atoms. The molecule has 0 aromatic heterocycles. The molecule has 0 heterocycles. The van der Waals surface area contributed by atoms with Crippen LogP contribution < -0.4 is 5.32 Å². The molecule has 0 unspecified atom stereocenters. The first-order chi connectivity index (χ1) is 11.6. The molecule has 0 atom stereocenters. The van der Waals surface area contributed by atoms with Gasteiger partial charge in [0.2, 0.25) is 0 Å². The minimum Gasteiger partial charge on any atom is -0.481 e. The van der Waals surface area contributed by atoms with Crippen LogP contribution in [0.4, 0.5) is 0 Å². The number of carboxylic acids is 1. The number of unbranched alkanes of at least 4 members (excludes halogenated alkanes) is 8. The third kappa shape index (κ3) is 11.1. The first kappa shape index (κ1) is 21.5. The van der Waals surface area contributed by atoms with E-state index in [1.165, 1.54) is 64.2 Å². The second-order valence-electron chi connectivity index (χ2n) is 8.21. The van der Waals surface area contributed by atoms with Gasteiger partial charge in [-0.2, -0.15) is 0 Å². The number of aliphatic carboxylic acids is 1. The van der Waals surface area contributed by atoms with Crippen LogP contribution in [-0.2, 0) is 4.79 Å². The normalized spacial score (nSPS) is 21.3. The number of hydrogen-bond donors (Lipinski definition) is 2. The number of carbonyl (C=O) groups is 1. The van der Waals surface area contributed by atoms with E-state index >= 15 is 0 Å². The standard InChI is InChI=1S/C21H41NO2/c1-18(2)12-10-8-6-4-3-5-7-9-11-17-22-20-15-13-19(14-16-20)21(23)24/h18-20,22H,3-17H2,1-2H3,(H,23,24). The Bertz CT molecular complexity index is 309. The summed E-state index contributed by atoms with van der Waals surface area (Å²) in [7, 11) is 0. The summed E-state index contributed by atoms with van der Waals surface area (Å²) in [5.74, 6) is 0.174. The number of hydrogen-bond acceptors (Lipinski definition) is 2. The van der Waals surface area contributed by atoms with Crippen LogP contribution in [0.25, 0.3) is 0 Å². The average molecular weight is 340 g/mol. The van der Waals surface area contributed by atoms with Gasteiger partial charge in [-0.05, 0) is 44.6 Å². The van der Waals surface area contributed by atoms with Crippen LogP contribution in [0.1, 0.15) is 104 Å². The van der Waals surface area contributed by atoms with E-state index in [9.17, 15) is 4.79 Å². The minimum atomic E-state index is -0.603. The van der Waals surface area contributed by atoms with E-state index in [-0.39, 0.29) is 5.92 Å². The van der Waals surface area contributed by atoms with E-state index in [0.29, 0.717) is 6.04 Å². The highest BCUT2D eigenvalue weighted by Gasteiger charge is 2.25. The van der Waals surface area contributed by atoms with Crippen molar-refractivity contribution in [2.75, 3.05) is 6.54 Å². The predicted molar refractivity (Wildman–Crippen MR) is 102 cm³/mol. The van der Waals surface area contributed by atoms with E-state index in [2.05, 4.69) is 19.2 Å². The van der Waals surface area contributed by atoms with Crippen LogP contribution in [0.3, 0.4) is 0 Å². The van der Waals surface area contributed by atoms with Crippen molar-refractivity contribution in [2.24, 2.45) is 11.8 Å². The molecule has 3 heteroatoms. The highest BCUT2D eigenvalue weighted by Crippen LogP contribution is 2.24. The largest absolute Gasteiger partial charge is 0.481 e. The lowest BCUT2D eigenvalue weighted by molar-refractivity contribution is -0.142. The summed E-state index contributed by atoms with van der Waals surface area (Å²) in [5, 5.41) is 12.6. The van der Waals surface area contributed by atoms with Crippen molar-refractivity contribution in [1.29, 1.82) is 0 Å². The quantitative estimate of drug-likeness (QED) is 0.395. The second kappa shape index (κ2) is 13.7. The Balaban J connectivity index is 1.79. The van der Waals surface area contributed by atoms with Gasteiger partial charge in [-0.15, -0.1) is 0 Å². The van der Waals surface area contributed by atoms with Crippen LogP contribution in [0.2, 0.25) is 0 Å². The zero-order valence-electron chi connectivity index (χ0n) is 16.2. The molecule has 0 amide bonds. The van der Waals surface area contributed by atoms with Crippen LogP contribution in [0.15, 0.2) is 0 Å². The van der Waals surface area contributed by atoms with Crippen molar-refractivity contribution < 1.29 is 9.90 Å². The third-order valence-electron chi connectivity index (χ3n) is 5.47. The molecule has 2 N–H and O–H groups in total. The molecular weight excluding hydrogens is 298 g/mol. The Morgan fingerprint density at radius 3 is 1.88 bits per heavy atom. The molecular formula is C21H41NO2. The van der Waals surface area contributed by atoms with Gasteiger partial charge in [0.05, 0.1) is 5.92 Å². The highest BCUT2D eigenvalue weighted by atomic mass is 16.4. The Hall–Kier alpha value is -0.570. The van der Waals surface area contributed by atoms with E-state index in [1.54, 1.807) is 0 Å². The summed E-state index contributed by atoms with van der Waals surface area (Å²) in [4.78, 5) is 10.9. The molecule has 1 saturated carbocycles. The second-order valence-corrected chi connectivity index (χ2v) is 8.21. The van der Waals surface area contributed by atoms with Crippen LogP contribution in [-0.4, -0.2) is 23.7 Å². The number of carboxylic acid groups (broad SMARTS) is 1. The monoisotopic (exact) mass is 339 g/mol. The molecule has 0 aliphatic heterocycles. The fraction of sp³-hybridized carbons (Fsp3) is 0.952. The van der Waals surface area contributed by atoms with Crippen molar-refractivity contribution in [2.45, 2.75) is 110 Å². The Morgan fingerprint density at radius 2 is 1.38 bits per heavy atom. The minimum absolute atomic E-state index is 0.0894. The van der Waals surface area contributed by atoms with Gasteiger partial charge in [0.15, 0.2) is 0 Å². The molecule has 142 valence electrons. The molecule has 1 rings (SSSR count). The number of nitrogens with one attached hydrogen (secondary N) is 1. The molecule has 1 aliphatic rings. The van der Waals surface area contributed by atoms with Crippen molar-refractivity contribution >= 4 is 5.97 Å². The fourth-order valence-electron chi connectivity index (χ4n) is 3.77. The number of rotatable bonds is 14. The van der Waals surface area contributed by atoms with E-state index < -0.39 is 5.97 Å². The van der Waals surface area contributed by atoms with E-state index in [4.69, 9.17) is 5.11 Å². The predicted octanol–water partition coefficient (Wildman–Crippen LogP) is 5.78. The maximum absolute atomic E-state index is 10.9. The maximum Gasteiger partial charge on any atom is 0.306 e. The Labute approximate surface area is 150 Å². The molecule has 0 aromatic rings. The molecule has 0 spiro atoms. The first-order valence-electron chi connectivity index (χ1n) is 10.6. The summed E-state index contributed by atoms with van der Waals surface area (Å²) in [5.41, 5.74) is 0. The molecule has 1 fully saturated rings. The summed E-state index contributed by atoms with van der Waals surface area (Å²) in [6, 6.07) is 0.562. The van der Waals surface area contributed by atoms with Crippen molar-refractivity contribution in [3.05, 3.63) is 0 Å². The van der Waals surface area contributed by atoms with Crippen molar-refractivity contribution in [3.8, 4) is 0 Å². The van der Waals surface area contributed by atoms with Gasteiger partial charge in [-0.3, -0.25) is 4.79 Å². The molecule has 0 aromatic carbocycles. The van der Waals surface area contributed by atoms with E-state index in [0.717, 1.165) is 38.1 Å².